The van der Waals surface area contributed by atoms with E-state index in [9.17, 15) is 19.2 Å². The molecule has 2 aliphatic rings. The lowest BCUT2D eigenvalue weighted by atomic mass is 9.96. The third-order valence-electron chi connectivity index (χ3n) is 7.76. The number of halogens is 2. The summed E-state index contributed by atoms with van der Waals surface area (Å²) in [5, 5.41) is -1.46. The Morgan fingerprint density at radius 1 is 0.617 bits per heavy atom. The van der Waals surface area contributed by atoms with Crippen molar-refractivity contribution >= 4 is 47.1 Å². The second kappa shape index (κ2) is 16.7. The van der Waals surface area contributed by atoms with E-state index in [0.29, 0.717) is 41.9 Å². The van der Waals surface area contributed by atoms with Crippen LogP contribution in [0.1, 0.15) is 66.7 Å². The molecule has 0 fully saturated rings. The molecule has 2 aromatic rings. The lowest BCUT2D eigenvalue weighted by Crippen LogP contribution is -2.31. The molecule has 0 bridgehead atoms. The lowest BCUT2D eigenvalue weighted by molar-refractivity contribution is -0.148. The van der Waals surface area contributed by atoms with Crippen LogP contribution in [-0.4, -0.2) is 73.3 Å². The Morgan fingerprint density at radius 3 is 1.30 bits per heavy atom. The summed E-state index contributed by atoms with van der Waals surface area (Å²) in [6.07, 6.45) is 2.20. The number of carbonyl (C=O) groups is 4. The van der Waals surface area contributed by atoms with Crippen LogP contribution in [0.25, 0.3) is 0 Å². The van der Waals surface area contributed by atoms with Crippen LogP contribution >= 0.6 is 23.2 Å². The summed E-state index contributed by atoms with van der Waals surface area (Å²) in [5.41, 5.74) is 2.29. The van der Waals surface area contributed by atoms with Gasteiger partial charge in [-0.2, -0.15) is 0 Å². The zero-order valence-corrected chi connectivity index (χ0v) is 28.1. The Morgan fingerprint density at radius 2 is 0.979 bits per heavy atom. The van der Waals surface area contributed by atoms with Crippen LogP contribution in [0.3, 0.4) is 0 Å². The van der Waals surface area contributed by atoms with Crippen molar-refractivity contribution in [3.05, 3.63) is 83.0 Å². The summed E-state index contributed by atoms with van der Waals surface area (Å²) in [5.74, 6) is -0.908. The first-order valence-electron chi connectivity index (χ1n) is 15.2. The first-order chi connectivity index (χ1) is 22.4. The smallest absolute Gasteiger partial charge is 0.338 e. The van der Waals surface area contributed by atoms with Crippen molar-refractivity contribution in [1.29, 1.82) is 0 Å². The van der Waals surface area contributed by atoms with Gasteiger partial charge in [-0.3, -0.25) is 9.59 Å². The second-order valence-corrected chi connectivity index (χ2v) is 12.4. The third-order valence-corrected chi connectivity index (χ3v) is 8.57. The first kappa shape index (κ1) is 35.8. The Kier molecular flexibility index (Phi) is 12.7. The van der Waals surface area contributed by atoms with E-state index in [1.54, 1.807) is 60.7 Å². The summed E-state index contributed by atoms with van der Waals surface area (Å²) in [6.45, 7) is 2.63. The number of methoxy groups -OCH3 is 2. The maximum absolute atomic E-state index is 13.0. The summed E-state index contributed by atoms with van der Waals surface area (Å²) in [7, 11) is 3.06. The molecule has 0 radical (unpaired) electrons. The molecule has 4 rings (SSSR count). The van der Waals surface area contributed by atoms with Crippen LogP contribution in [0, 0.1) is 0 Å². The fourth-order valence-corrected chi connectivity index (χ4v) is 6.29. The van der Waals surface area contributed by atoms with Crippen LogP contribution in [0.4, 0.5) is 0 Å². The highest BCUT2D eigenvalue weighted by molar-refractivity contribution is 6.22. The molecule has 0 amide bonds. The largest absolute Gasteiger partial charge is 0.497 e. The molecule has 0 saturated carbocycles. The van der Waals surface area contributed by atoms with Gasteiger partial charge in [0, 0.05) is 39.5 Å². The van der Waals surface area contributed by atoms with Gasteiger partial charge in [0.2, 0.25) is 0 Å². The number of benzene rings is 2. The highest BCUT2D eigenvalue weighted by atomic mass is 35.5. The predicted octanol–water partition coefficient (Wildman–Crippen LogP) is 6.36. The maximum atomic E-state index is 13.0. The molecule has 0 N–H and O–H groups in total. The zero-order valence-electron chi connectivity index (χ0n) is 26.6. The minimum Gasteiger partial charge on any atom is -0.497 e. The fourth-order valence-electron chi connectivity index (χ4n) is 5.63. The topological polar surface area (TPSA) is 124 Å². The minimum atomic E-state index is -0.785. The number of ether oxygens (including phenoxy) is 6. The van der Waals surface area contributed by atoms with Gasteiger partial charge in [0.25, 0.3) is 0 Å². The molecule has 12 heteroatoms. The number of esters is 4. The van der Waals surface area contributed by atoms with E-state index in [-0.39, 0.29) is 12.8 Å². The molecule has 252 valence electrons. The quantitative estimate of drug-likeness (QED) is 0.120. The van der Waals surface area contributed by atoms with E-state index in [2.05, 4.69) is 0 Å². The average molecular weight is 690 g/mol. The van der Waals surface area contributed by atoms with Gasteiger partial charge in [-0.05, 0) is 55.0 Å². The molecule has 47 heavy (non-hydrogen) atoms. The van der Waals surface area contributed by atoms with Gasteiger partial charge >= 0.3 is 23.9 Å². The molecule has 0 unspecified atom stereocenters. The van der Waals surface area contributed by atoms with Gasteiger partial charge < -0.3 is 28.4 Å². The molecule has 0 heterocycles. The lowest BCUT2D eigenvalue weighted by Gasteiger charge is -2.23. The predicted molar refractivity (Wildman–Crippen MR) is 174 cm³/mol. The first-order valence-corrected chi connectivity index (χ1v) is 16.0. The highest BCUT2D eigenvalue weighted by Gasteiger charge is 2.35. The number of rotatable bonds is 10. The van der Waals surface area contributed by atoms with Crippen molar-refractivity contribution in [2.45, 2.75) is 81.1 Å². The van der Waals surface area contributed by atoms with Gasteiger partial charge in [0.1, 0.15) is 35.9 Å². The Labute approximate surface area is 283 Å². The van der Waals surface area contributed by atoms with Gasteiger partial charge in [-0.15, -0.1) is 23.2 Å². The molecular formula is C35H38Cl2O10. The van der Waals surface area contributed by atoms with Crippen molar-refractivity contribution in [2.75, 3.05) is 14.2 Å². The van der Waals surface area contributed by atoms with Crippen molar-refractivity contribution in [1.82, 2.24) is 0 Å². The third kappa shape index (κ3) is 10.5. The van der Waals surface area contributed by atoms with E-state index in [0.717, 1.165) is 11.1 Å². The fraction of sp³-hybridized carbons (Fsp3) is 0.429. The molecule has 0 aliphatic heterocycles. The normalized spacial score (nSPS) is 24.3. The highest BCUT2D eigenvalue weighted by Crippen LogP contribution is 2.35. The van der Waals surface area contributed by atoms with E-state index in [1.165, 1.54) is 28.1 Å². The monoisotopic (exact) mass is 688 g/mol. The average Bonchev–Trinajstić information content (AvgIpc) is 3.25. The number of carbonyl (C=O) groups excluding carboxylic acids is 4. The summed E-state index contributed by atoms with van der Waals surface area (Å²) < 4.78 is 33.1. The summed E-state index contributed by atoms with van der Waals surface area (Å²) in [4.78, 5) is 49.9. The van der Waals surface area contributed by atoms with Crippen LogP contribution in [0.2, 0.25) is 0 Å². The van der Waals surface area contributed by atoms with Crippen LogP contribution in [-0.2, 0) is 28.5 Å². The van der Waals surface area contributed by atoms with Crippen molar-refractivity contribution in [3.63, 3.8) is 0 Å². The molecular weight excluding hydrogens is 651 g/mol. The van der Waals surface area contributed by atoms with Gasteiger partial charge in [0.15, 0.2) is 0 Å². The Bertz CT molecular complexity index is 1370. The zero-order chi connectivity index (χ0) is 34.1. The van der Waals surface area contributed by atoms with Gasteiger partial charge in [0.05, 0.1) is 36.1 Å². The molecule has 2 aromatic carbocycles. The minimum absolute atomic E-state index is 0.187. The Hall–Kier alpha value is -4.02. The van der Waals surface area contributed by atoms with E-state index >= 15 is 0 Å². The Balaban J connectivity index is 1.53. The SMILES string of the molecule is COc1ccc(C(=O)O[C@H]2C[C@H](OC(C)=O)CC(CC3=C[C@@H](Cl)[C@@H](OC(=O)c4ccc(OC)cc4)C[C@H](OC(C)=O)C3)=C[C@H]2Cl)cc1. The molecule has 0 spiro atoms. The standard InChI is InChI=1S/C35H38Cl2O10/c1-20(38)44-28-14-22(16-30(36)32(18-28)46-34(40)24-5-9-26(42-3)10-6-24)13-23-15-29(45-21(2)39)19-33(31(37)17-23)47-35(41)25-7-11-27(43-4)12-8-25/h5-12,16-17,28-33H,13-15,18-19H2,1-4H3/t28-,29-,30-,31-,32+,33+/m1/s1. The van der Waals surface area contributed by atoms with Crippen LogP contribution < -0.4 is 9.47 Å². The van der Waals surface area contributed by atoms with E-state index in [1.807, 2.05) is 0 Å². The van der Waals surface area contributed by atoms with Crippen molar-refractivity contribution in [2.24, 2.45) is 0 Å². The number of hydrogen-bond acceptors (Lipinski definition) is 10. The van der Waals surface area contributed by atoms with Crippen molar-refractivity contribution in [3.8, 4) is 11.5 Å². The molecule has 0 saturated heterocycles. The van der Waals surface area contributed by atoms with E-state index < -0.39 is 59.0 Å². The molecule has 6 atom stereocenters. The summed E-state index contributed by atoms with van der Waals surface area (Å²) >= 11 is 13.6. The molecule has 0 aromatic heterocycles. The van der Waals surface area contributed by atoms with Crippen LogP contribution in [0.5, 0.6) is 11.5 Å². The number of hydrogen-bond donors (Lipinski definition) is 0. The summed E-state index contributed by atoms with van der Waals surface area (Å²) in [6, 6.07) is 13.0. The molecule has 2 aliphatic carbocycles. The number of alkyl halides is 2. The van der Waals surface area contributed by atoms with Gasteiger partial charge in [-0.1, -0.05) is 23.3 Å². The maximum Gasteiger partial charge on any atom is 0.338 e. The van der Waals surface area contributed by atoms with Crippen LogP contribution in [0.15, 0.2) is 71.8 Å². The second-order valence-electron chi connectivity index (χ2n) is 11.4. The van der Waals surface area contributed by atoms with E-state index in [4.69, 9.17) is 51.6 Å². The molecule has 10 nitrogen and oxygen atoms in total. The van der Waals surface area contributed by atoms with Gasteiger partial charge in [-0.25, -0.2) is 9.59 Å². The van der Waals surface area contributed by atoms with Crippen molar-refractivity contribution < 1.29 is 47.6 Å².